The zero-order valence-electron chi connectivity index (χ0n) is 13.1. The monoisotopic (exact) mass is 286 g/mol. The van der Waals surface area contributed by atoms with Crippen molar-refractivity contribution in [3.8, 4) is 0 Å². The summed E-state index contributed by atoms with van der Waals surface area (Å²) in [4.78, 5) is 14.7. The fraction of sp³-hybridized carbons (Fsp3) is 0.933. The molecule has 3 nitrogen and oxygen atoms in total. The van der Waals surface area contributed by atoms with Crippen LogP contribution in [-0.4, -0.2) is 40.6 Å². The zero-order valence-corrected chi connectivity index (χ0v) is 13.9. The maximum Gasteiger partial charge on any atom is 0.241 e. The molecular weight excluding hydrogens is 256 g/mol. The third kappa shape index (κ3) is 4.12. The average Bonchev–Trinajstić information content (AvgIpc) is 2.75. The van der Waals surface area contributed by atoms with Gasteiger partial charge in [-0.1, -0.05) is 34.1 Å². The topological polar surface area (TPSA) is 32.3 Å². The summed E-state index contributed by atoms with van der Waals surface area (Å²) in [7, 11) is 0. The van der Waals surface area contributed by atoms with Crippen LogP contribution in [0.5, 0.6) is 0 Å². The third-order valence-electron chi connectivity index (χ3n) is 4.19. The first-order valence-electron chi connectivity index (χ1n) is 7.72. The number of carbonyl (C=O) groups is 1. The van der Waals surface area contributed by atoms with E-state index in [2.05, 4.69) is 44.8 Å². The van der Waals surface area contributed by atoms with E-state index in [1.54, 1.807) is 0 Å². The van der Waals surface area contributed by atoms with Gasteiger partial charge < -0.3 is 4.90 Å². The summed E-state index contributed by atoms with van der Waals surface area (Å²) in [5.74, 6) is 3.04. The molecule has 4 heteroatoms. The lowest BCUT2D eigenvalue weighted by Gasteiger charge is -2.29. The fourth-order valence-electron chi connectivity index (χ4n) is 2.69. The molecule has 1 N–H and O–H groups in total. The van der Waals surface area contributed by atoms with E-state index >= 15 is 0 Å². The summed E-state index contributed by atoms with van der Waals surface area (Å²) in [6.07, 6.45) is 3.36. The highest BCUT2D eigenvalue weighted by Gasteiger charge is 2.41. The average molecular weight is 286 g/mol. The highest BCUT2D eigenvalue weighted by molar-refractivity contribution is 7.99. The van der Waals surface area contributed by atoms with Gasteiger partial charge in [0.25, 0.3) is 0 Å². The van der Waals surface area contributed by atoms with Gasteiger partial charge >= 0.3 is 0 Å². The van der Waals surface area contributed by atoms with Gasteiger partial charge in [-0.25, -0.2) is 0 Å². The van der Waals surface area contributed by atoms with Crippen molar-refractivity contribution in [3.63, 3.8) is 0 Å². The van der Waals surface area contributed by atoms with Crippen LogP contribution in [0.25, 0.3) is 0 Å². The first-order chi connectivity index (χ1) is 9.06. The van der Waals surface area contributed by atoms with E-state index in [-0.39, 0.29) is 12.2 Å². The van der Waals surface area contributed by atoms with Crippen LogP contribution in [-0.2, 0) is 4.79 Å². The normalized spacial score (nSPS) is 26.8. The molecule has 4 atom stereocenters. The molecule has 1 aliphatic rings. The van der Waals surface area contributed by atoms with Gasteiger partial charge in [-0.3, -0.25) is 10.1 Å². The second kappa shape index (κ2) is 8.15. The molecule has 0 aliphatic carbocycles. The van der Waals surface area contributed by atoms with Gasteiger partial charge in [0.2, 0.25) is 5.91 Å². The van der Waals surface area contributed by atoms with Gasteiger partial charge in [0.1, 0.15) is 0 Å². The second-order valence-corrected chi connectivity index (χ2v) is 6.93. The molecule has 1 rings (SSSR count). The van der Waals surface area contributed by atoms with Crippen LogP contribution >= 0.6 is 11.8 Å². The van der Waals surface area contributed by atoms with Crippen molar-refractivity contribution >= 4 is 17.7 Å². The zero-order chi connectivity index (χ0) is 14.4. The van der Waals surface area contributed by atoms with Crippen LogP contribution in [0.3, 0.4) is 0 Å². The van der Waals surface area contributed by atoms with Crippen molar-refractivity contribution in [2.45, 2.75) is 72.1 Å². The van der Waals surface area contributed by atoms with Crippen LogP contribution in [0, 0.1) is 5.92 Å². The molecule has 1 amide bonds. The molecule has 0 aromatic heterocycles. The maximum atomic E-state index is 12.6. The maximum absolute atomic E-state index is 12.6. The number of nitrogens with zero attached hydrogens (tertiary/aromatic N) is 1. The Bertz CT molecular complexity index is 285. The molecule has 0 spiro atoms. The summed E-state index contributed by atoms with van der Waals surface area (Å²) < 4.78 is 0. The van der Waals surface area contributed by atoms with Crippen LogP contribution in [0.1, 0.15) is 53.9 Å². The van der Waals surface area contributed by atoms with Gasteiger partial charge in [0, 0.05) is 6.04 Å². The first kappa shape index (κ1) is 16.8. The number of amides is 1. The molecule has 1 aliphatic heterocycles. The Kier molecular flexibility index (Phi) is 7.22. The summed E-state index contributed by atoms with van der Waals surface area (Å²) >= 11 is 1.96. The van der Waals surface area contributed by atoms with E-state index in [0.29, 0.717) is 17.9 Å². The van der Waals surface area contributed by atoms with Crippen molar-refractivity contribution in [3.05, 3.63) is 0 Å². The lowest BCUT2D eigenvalue weighted by molar-refractivity contribution is -0.132. The summed E-state index contributed by atoms with van der Waals surface area (Å²) in [6, 6.07) is 0.370. The van der Waals surface area contributed by atoms with E-state index in [1.807, 2.05) is 11.8 Å². The number of nitrogens with one attached hydrogen (secondary N) is 1. The minimum atomic E-state index is 0.0243. The molecule has 0 radical (unpaired) electrons. The Labute approximate surface area is 122 Å². The number of carbonyl (C=O) groups excluding carboxylic acids is 1. The predicted molar refractivity (Wildman–Crippen MR) is 84.4 cm³/mol. The standard InChI is InChI=1S/C15H30N2OS/c1-6-11(4)14-15(18)17(13(7-2)16-14)12(5)9-10-19-8-3/h11-14,16H,6-10H2,1-5H3. The highest BCUT2D eigenvalue weighted by Crippen LogP contribution is 2.24. The minimum absolute atomic E-state index is 0.0243. The van der Waals surface area contributed by atoms with Crippen molar-refractivity contribution in [1.82, 2.24) is 10.2 Å². The van der Waals surface area contributed by atoms with Gasteiger partial charge in [0.15, 0.2) is 0 Å². The molecule has 1 heterocycles. The molecular formula is C15H30N2OS. The number of hydrogen-bond acceptors (Lipinski definition) is 3. The second-order valence-electron chi connectivity index (χ2n) is 5.53. The molecule has 0 saturated carbocycles. The molecule has 4 unspecified atom stereocenters. The Morgan fingerprint density at radius 1 is 1.32 bits per heavy atom. The SMILES string of the molecule is CCSCCC(C)N1C(=O)C(C(C)CC)NC1CC. The molecule has 0 bridgehead atoms. The van der Waals surface area contributed by atoms with Crippen LogP contribution in [0.2, 0.25) is 0 Å². The van der Waals surface area contributed by atoms with Gasteiger partial charge in [0.05, 0.1) is 12.2 Å². The van der Waals surface area contributed by atoms with E-state index in [4.69, 9.17) is 0 Å². The highest BCUT2D eigenvalue weighted by atomic mass is 32.2. The van der Waals surface area contributed by atoms with Crippen LogP contribution in [0.15, 0.2) is 0 Å². The Hall–Kier alpha value is -0.220. The van der Waals surface area contributed by atoms with Gasteiger partial charge in [-0.05, 0) is 37.2 Å². The largest absolute Gasteiger partial charge is 0.323 e. The molecule has 1 fully saturated rings. The number of hydrogen-bond donors (Lipinski definition) is 1. The van der Waals surface area contributed by atoms with Crippen molar-refractivity contribution in [2.24, 2.45) is 5.92 Å². The summed E-state index contributed by atoms with van der Waals surface area (Å²) in [5.41, 5.74) is 0. The molecule has 1 saturated heterocycles. The van der Waals surface area contributed by atoms with Crippen LogP contribution in [0.4, 0.5) is 0 Å². The smallest absolute Gasteiger partial charge is 0.241 e. The van der Waals surface area contributed by atoms with Crippen molar-refractivity contribution in [1.29, 1.82) is 0 Å². The summed E-state index contributed by atoms with van der Waals surface area (Å²) in [5, 5.41) is 3.53. The fourth-order valence-corrected chi connectivity index (χ4v) is 3.49. The molecule has 0 aromatic carbocycles. The van der Waals surface area contributed by atoms with Crippen molar-refractivity contribution in [2.75, 3.05) is 11.5 Å². The first-order valence-corrected chi connectivity index (χ1v) is 8.88. The van der Waals surface area contributed by atoms with E-state index in [0.717, 1.165) is 30.8 Å². The Balaban J connectivity index is 2.66. The Morgan fingerprint density at radius 3 is 2.53 bits per heavy atom. The molecule has 112 valence electrons. The predicted octanol–water partition coefficient (Wildman–Crippen LogP) is 3.10. The minimum Gasteiger partial charge on any atom is -0.323 e. The molecule has 0 aromatic rings. The number of thioether (sulfide) groups is 1. The molecule has 19 heavy (non-hydrogen) atoms. The van der Waals surface area contributed by atoms with E-state index in [9.17, 15) is 4.79 Å². The quantitative estimate of drug-likeness (QED) is 0.696. The van der Waals surface area contributed by atoms with Crippen molar-refractivity contribution < 1.29 is 4.79 Å². The Morgan fingerprint density at radius 2 is 2.00 bits per heavy atom. The van der Waals surface area contributed by atoms with E-state index < -0.39 is 0 Å². The lowest BCUT2D eigenvalue weighted by Crippen LogP contribution is -2.43. The third-order valence-corrected chi connectivity index (χ3v) is 5.12. The number of rotatable bonds is 8. The lowest BCUT2D eigenvalue weighted by atomic mass is 9.99. The van der Waals surface area contributed by atoms with Crippen LogP contribution < -0.4 is 5.32 Å². The van der Waals surface area contributed by atoms with Gasteiger partial charge in [-0.15, -0.1) is 0 Å². The van der Waals surface area contributed by atoms with E-state index in [1.165, 1.54) is 0 Å². The summed E-state index contributed by atoms with van der Waals surface area (Å²) in [6.45, 7) is 10.9. The van der Waals surface area contributed by atoms with Gasteiger partial charge in [-0.2, -0.15) is 11.8 Å².